The first-order chi connectivity index (χ1) is 14.6. The number of rotatable bonds is 7. The number of carbonyl (C=O) groups excluding carboxylic acids is 1. The van der Waals surface area contributed by atoms with E-state index in [1.807, 2.05) is 4.57 Å². The summed E-state index contributed by atoms with van der Waals surface area (Å²) in [5.74, 6) is 0.191. The van der Waals surface area contributed by atoms with Gasteiger partial charge in [-0.05, 0) is 49.2 Å². The highest BCUT2D eigenvalue weighted by Crippen LogP contribution is 2.27. The summed E-state index contributed by atoms with van der Waals surface area (Å²) in [5, 5.41) is 12.1. The van der Waals surface area contributed by atoms with E-state index in [9.17, 15) is 9.18 Å². The highest BCUT2D eigenvalue weighted by atomic mass is 35.5. The van der Waals surface area contributed by atoms with Gasteiger partial charge in [0, 0.05) is 18.4 Å². The molecule has 0 radical (unpaired) electrons. The molecule has 4 rings (SSSR count). The molecule has 3 heterocycles. The molecule has 7 nitrogen and oxygen atoms in total. The monoisotopic (exact) mass is 447 g/mol. The fourth-order valence-corrected chi connectivity index (χ4v) is 4.07. The minimum Gasteiger partial charge on any atom is -0.376 e. The minimum absolute atomic E-state index is 0.0579. The van der Waals surface area contributed by atoms with Crippen LogP contribution in [0.25, 0.3) is 11.4 Å². The van der Waals surface area contributed by atoms with Crippen LogP contribution >= 0.6 is 23.4 Å². The van der Waals surface area contributed by atoms with Crippen molar-refractivity contribution in [1.82, 2.24) is 19.7 Å². The predicted octanol–water partition coefficient (Wildman–Crippen LogP) is 4.04. The van der Waals surface area contributed by atoms with Gasteiger partial charge in [-0.2, -0.15) is 0 Å². The number of hydrogen-bond acceptors (Lipinski definition) is 6. The summed E-state index contributed by atoms with van der Waals surface area (Å²) in [6.45, 7) is 1.30. The number of nitrogens with one attached hydrogen (secondary N) is 1. The lowest BCUT2D eigenvalue weighted by molar-refractivity contribution is -0.113. The lowest BCUT2D eigenvalue weighted by atomic mass is 10.2. The zero-order valence-electron chi connectivity index (χ0n) is 15.9. The fourth-order valence-electron chi connectivity index (χ4n) is 3.16. The van der Waals surface area contributed by atoms with Gasteiger partial charge in [-0.25, -0.2) is 9.37 Å². The van der Waals surface area contributed by atoms with Gasteiger partial charge in [0.05, 0.1) is 24.1 Å². The van der Waals surface area contributed by atoms with E-state index >= 15 is 0 Å². The summed E-state index contributed by atoms with van der Waals surface area (Å²) < 4.78 is 21.0. The Balaban J connectivity index is 1.51. The normalized spacial score (nSPS) is 16.0. The van der Waals surface area contributed by atoms with Crippen LogP contribution in [0, 0.1) is 5.82 Å². The zero-order chi connectivity index (χ0) is 20.9. The van der Waals surface area contributed by atoms with Gasteiger partial charge in [0.15, 0.2) is 16.1 Å². The van der Waals surface area contributed by atoms with Crippen LogP contribution in [0.3, 0.4) is 0 Å². The van der Waals surface area contributed by atoms with Crippen LogP contribution in [0.5, 0.6) is 0 Å². The Kier molecular flexibility index (Phi) is 6.61. The molecule has 1 amide bonds. The van der Waals surface area contributed by atoms with Crippen molar-refractivity contribution in [2.45, 2.75) is 30.6 Å². The molecule has 0 unspecified atom stereocenters. The average Bonchev–Trinajstić information content (AvgIpc) is 3.39. The summed E-state index contributed by atoms with van der Waals surface area (Å²) in [5.41, 5.74) is 1.21. The van der Waals surface area contributed by atoms with Crippen molar-refractivity contribution >= 4 is 35.0 Å². The first-order valence-electron chi connectivity index (χ1n) is 9.44. The van der Waals surface area contributed by atoms with Gasteiger partial charge in [-0.15, -0.1) is 10.2 Å². The number of ether oxygens (including phenoxy) is 1. The highest BCUT2D eigenvalue weighted by molar-refractivity contribution is 7.99. The van der Waals surface area contributed by atoms with Gasteiger partial charge in [-0.3, -0.25) is 9.36 Å². The molecule has 1 atom stereocenters. The summed E-state index contributed by atoms with van der Waals surface area (Å²) in [6, 6.07) is 9.48. The Labute approximate surface area is 182 Å². The summed E-state index contributed by atoms with van der Waals surface area (Å²) in [6.07, 6.45) is 3.57. The lowest BCUT2D eigenvalue weighted by Gasteiger charge is -2.14. The van der Waals surface area contributed by atoms with E-state index in [-0.39, 0.29) is 28.7 Å². The molecule has 1 aliphatic rings. The van der Waals surface area contributed by atoms with Crippen molar-refractivity contribution in [3.8, 4) is 11.4 Å². The van der Waals surface area contributed by atoms with E-state index in [1.165, 1.54) is 23.9 Å². The maximum atomic E-state index is 13.3. The second-order valence-corrected chi connectivity index (χ2v) is 8.04. The molecule has 1 fully saturated rings. The van der Waals surface area contributed by atoms with Crippen molar-refractivity contribution in [3.05, 3.63) is 53.6 Å². The Morgan fingerprint density at radius 2 is 2.13 bits per heavy atom. The van der Waals surface area contributed by atoms with Crippen molar-refractivity contribution < 1.29 is 13.9 Å². The SMILES string of the molecule is O=C(CSc1nnc(-c2ccc(F)cc2)n1C[C@H]1CCCO1)Nc1cccnc1Cl. The molecule has 30 heavy (non-hydrogen) atoms. The molecule has 0 saturated carbocycles. The number of carbonyl (C=O) groups is 1. The molecular weight excluding hydrogens is 429 g/mol. The number of nitrogens with zero attached hydrogens (tertiary/aromatic N) is 4. The molecule has 0 bridgehead atoms. The van der Waals surface area contributed by atoms with Gasteiger partial charge in [0.2, 0.25) is 5.91 Å². The van der Waals surface area contributed by atoms with Crippen molar-refractivity contribution in [2.24, 2.45) is 0 Å². The van der Waals surface area contributed by atoms with E-state index in [0.717, 1.165) is 25.0 Å². The number of aromatic nitrogens is 4. The van der Waals surface area contributed by atoms with E-state index in [4.69, 9.17) is 16.3 Å². The zero-order valence-corrected chi connectivity index (χ0v) is 17.5. The van der Waals surface area contributed by atoms with Crippen molar-refractivity contribution in [3.63, 3.8) is 0 Å². The Hall–Kier alpha value is -2.49. The van der Waals surface area contributed by atoms with Gasteiger partial charge in [0.1, 0.15) is 5.82 Å². The minimum atomic E-state index is -0.315. The number of hydrogen-bond donors (Lipinski definition) is 1. The second kappa shape index (κ2) is 9.55. The van der Waals surface area contributed by atoms with E-state index < -0.39 is 0 Å². The van der Waals surface area contributed by atoms with E-state index in [1.54, 1.807) is 30.5 Å². The van der Waals surface area contributed by atoms with Gasteiger partial charge >= 0.3 is 0 Å². The predicted molar refractivity (Wildman–Crippen MR) is 113 cm³/mol. The number of amides is 1. The van der Waals surface area contributed by atoms with E-state index in [2.05, 4.69) is 20.5 Å². The molecule has 10 heteroatoms. The highest BCUT2D eigenvalue weighted by Gasteiger charge is 2.22. The summed E-state index contributed by atoms with van der Waals surface area (Å²) >= 11 is 7.25. The number of benzene rings is 1. The molecule has 2 aromatic heterocycles. The Bertz CT molecular complexity index is 1020. The molecule has 0 spiro atoms. The fraction of sp³-hybridized carbons (Fsp3) is 0.300. The quantitative estimate of drug-likeness (QED) is 0.434. The van der Waals surface area contributed by atoms with Crippen LogP contribution in [-0.4, -0.2) is 44.1 Å². The third kappa shape index (κ3) is 4.97. The van der Waals surface area contributed by atoms with Crippen LogP contribution < -0.4 is 5.32 Å². The van der Waals surface area contributed by atoms with Crippen molar-refractivity contribution in [2.75, 3.05) is 17.7 Å². The molecule has 1 saturated heterocycles. The van der Waals surface area contributed by atoms with Crippen LogP contribution in [0.1, 0.15) is 12.8 Å². The Morgan fingerprint density at radius 3 is 2.87 bits per heavy atom. The summed E-state index contributed by atoms with van der Waals surface area (Å²) in [7, 11) is 0. The maximum Gasteiger partial charge on any atom is 0.234 e. The molecular formula is C20H19ClFN5O2S. The third-order valence-electron chi connectivity index (χ3n) is 4.60. The van der Waals surface area contributed by atoms with Crippen LogP contribution in [-0.2, 0) is 16.1 Å². The third-order valence-corrected chi connectivity index (χ3v) is 5.86. The van der Waals surface area contributed by atoms with Crippen LogP contribution in [0.15, 0.2) is 47.8 Å². The van der Waals surface area contributed by atoms with Gasteiger partial charge in [0.25, 0.3) is 0 Å². The van der Waals surface area contributed by atoms with Crippen molar-refractivity contribution in [1.29, 1.82) is 0 Å². The number of halogens is 2. The number of pyridine rings is 1. The largest absolute Gasteiger partial charge is 0.376 e. The summed E-state index contributed by atoms with van der Waals surface area (Å²) in [4.78, 5) is 16.3. The van der Waals surface area contributed by atoms with Crippen LogP contribution in [0.4, 0.5) is 10.1 Å². The maximum absolute atomic E-state index is 13.3. The van der Waals surface area contributed by atoms with E-state index in [0.29, 0.717) is 23.2 Å². The first kappa shape index (κ1) is 20.8. The first-order valence-corrected chi connectivity index (χ1v) is 10.8. The molecule has 0 aliphatic carbocycles. The molecule has 3 aromatic rings. The average molecular weight is 448 g/mol. The standard InChI is InChI=1S/C20H19ClFN5O2S/c21-18-16(4-1-9-23-18)24-17(28)12-30-20-26-25-19(13-5-7-14(22)8-6-13)27(20)11-15-3-2-10-29-15/h1,4-9,15H,2-3,10-12H2,(H,24,28)/t15-/m1/s1. The lowest BCUT2D eigenvalue weighted by Crippen LogP contribution is -2.18. The molecule has 1 aromatic carbocycles. The smallest absolute Gasteiger partial charge is 0.234 e. The van der Waals surface area contributed by atoms with Gasteiger partial charge < -0.3 is 10.1 Å². The number of anilines is 1. The topological polar surface area (TPSA) is 81.9 Å². The second-order valence-electron chi connectivity index (χ2n) is 6.74. The Morgan fingerprint density at radius 1 is 1.30 bits per heavy atom. The molecule has 156 valence electrons. The molecule has 1 aliphatic heterocycles. The number of thioether (sulfide) groups is 1. The van der Waals surface area contributed by atoms with Crippen LogP contribution in [0.2, 0.25) is 5.15 Å². The molecule has 1 N–H and O–H groups in total. The van der Waals surface area contributed by atoms with Gasteiger partial charge in [-0.1, -0.05) is 23.4 Å².